The van der Waals surface area contributed by atoms with Gasteiger partial charge in [-0.15, -0.1) is 0 Å². The molecule has 0 aliphatic heterocycles. The quantitative estimate of drug-likeness (QED) is 0.812. The molecule has 112 valence electrons. The monoisotopic (exact) mass is 368 g/mol. The third-order valence-corrected chi connectivity index (χ3v) is 5.33. The molecular formula is C15H17BrN2O2S. The molecule has 0 bridgehead atoms. The van der Waals surface area contributed by atoms with Gasteiger partial charge < -0.3 is 5.73 Å². The van der Waals surface area contributed by atoms with E-state index in [9.17, 15) is 8.42 Å². The largest absolute Gasteiger partial charge is 0.398 e. The predicted molar refractivity (Wildman–Crippen MR) is 88.5 cm³/mol. The zero-order valence-electron chi connectivity index (χ0n) is 11.8. The fraction of sp³-hybridized carbons (Fsp3) is 0.200. The van der Waals surface area contributed by atoms with Crippen molar-refractivity contribution in [3.63, 3.8) is 0 Å². The summed E-state index contributed by atoms with van der Waals surface area (Å²) < 4.78 is 28.3. The van der Waals surface area contributed by atoms with E-state index >= 15 is 0 Å². The highest BCUT2D eigenvalue weighted by atomic mass is 79.9. The Labute approximate surface area is 133 Å². The van der Waals surface area contributed by atoms with Gasteiger partial charge in [-0.1, -0.05) is 34.1 Å². The minimum Gasteiger partial charge on any atom is -0.398 e. The van der Waals surface area contributed by atoms with Gasteiger partial charge in [-0.2, -0.15) is 0 Å². The number of nitrogen functional groups attached to an aromatic ring is 1. The number of nitrogens with two attached hydrogens (primary N) is 1. The molecule has 1 atom stereocenters. The summed E-state index contributed by atoms with van der Waals surface area (Å²) in [4.78, 5) is 0.176. The summed E-state index contributed by atoms with van der Waals surface area (Å²) in [6.45, 7) is 3.64. The Morgan fingerprint density at radius 2 is 1.76 bits per heavy atom. The van der Waals surface area contributed by atoms with Crippen LogP contribution in [0.4, 0.5) is 5.69 Å². The van der Waals surface area contributed by atoms with Gasteiger partial charge in [-0.05, 0) is 49.2 Å². The number of rotatable bonds is 4. The molecule has 0 aromatic heterocycles. The van der Waals surface area contributed by atoms with Crippen molar-refractivity contribution in [2.75, 3.05) is 5.73 Å². The van der Waals surface area contributed by atoms with Gasteiger partial charge in [-0.25, -0.2) is 13.1 Å². The molecular weight excluding hydrogens is 352 g/mol. The van der Waals surface area contributed by atoms with Crippen molar-refractivity contribution in [2.24, 2.45) is 0 Å². The van der Waals surface area contributed by atoms with E-state index in [4.69, 9.17) is 5.73 Å². The van der Waals surface area contributed by atoms with E-state index in [1.807, 2.05) is 31.2 Å². The number of anilines is 1. The molecule has 0 spiro atoms. The van der Waals surface area contributed by atoms with Gasteiger partial charge in [0.2, 0.25) is 10.0 Å². The molecule has 0 saturated heterocycles. The molecule has 0 radical (unpaired) electrons. The van der Waals surface area contributed by atoms with Crippen molar-refractivity contribution < 1.29 is 8.42 Å². The lowest BCUT2D eigenvalue weighted by Crippen LogP contribution is -2.27. The zero-order valence-corrected chi connectivity index (χ0v) is 14.2. The van der Waals surface area contributed by atoms with E-state index in [1.54, 1.807) is 19.1 Å². The van der Waals surface area contributed by atoms with Gasteiger partial charge in [0, 0.05) is 16.2 Å². The van der Waals surface area contributed by atoms with Crippen LogP contribution in [0.3, 0.4) is 0 Å². The predicted octanol–water partition coefficient (Wildman–Crippen LogP) is 3.38. The molecule has 2 aromatic carbocycles. The molecule has 3 N–H and O–H groups in total. The second-order valence-corrected chi connectivity index (χ2v) is 7.54. The number of hydrogen-bond donors (Lipinski definition) is 2. The summed E-state index contributed by atoms with van der Waals surface area (Å²) in [5.41, 5.74) is 7.99. The molecule has 0 heterocycles. The lowest BCUT2D eigenvalue weighted by atomic mass is 10.1. The SMILES string of the molecule is Cc1ccc(S(=O)(=O)NC(C)c2ccc(Br)cc2)cc1N. The van der Waals surface area contributed by atoms with Crippen LogP contribution in [0.2, 0.25) is 0 Å². The maximum absolute atomic E-state index is 12.4. The third-order valence-electron chi connectivity index (χ3n) is 3.26. The second kappa shape index (κ2) is 6.17. The van der Waals surface area contributed by atoms with Crippen molar-refractivity contribution in [2.45, 2.75) is 24.8 Å². The first-order chi connectivity index (χ1) is 9.79. The van der Waals surface area contributed by atoms with Gasteiger partial charge in [0.15, 0.2) is 0 Å². The van der Waals surface area contributed by atoms with E-state index in [1.165, 1.54) is 6.07 Å². The van der Waals surface area contributed by atoms with Crippen LogP contribution in [0.1, 0.15) is 24.1 Å². The summed E-state index contributed by atoms with van der Waals surface area (Å²) in [5, 5.41) is 0. The highest BCUT2D eigenvalue weighted by molar-refractivity contribution is 9.10. The van der Waals surface area contributed by atoms with Crippen LogP contribution in [0, 0.1) is 6.92 Å². The lowest BCUT2D eigenvalue weighted by Gasteiger charge is -2.15. The van der Waals surface area contributed by atoms with Gasteiger partial charge in [0.25, 0.3) is 0 Å². The number of hydrogen-bond acceptors (Lipinski definition) is 3. The van der Waals surface area contributed by atoms with Crippen molar-refractivity contribution >= 4 is 31.6 Å². The molecule has 6 heteroatoms. The minimum atomic E-state index is -3.60. The van der Waals surface area contributed by atoms with Crippen LogP contribution >= 0.6 is 15.9 Å². The van der Waals surface area contributed by atoms with Gasteiger partial charge in [0.05, 0.1) is 4.90 Å². The summed E-state index contributed by atoms with van der Waals surface area (Å²) in [7, 11) is -3.60. The Hall–Kier alpha value is -1.37. The van der Waals surface area contributed by atoms with Crippen LogP contribution < -0.4 is 10.5 Å². The highest BCUT2D eigenvalue weighted by Crippen LogP contribution is 2.21. The molecule has 0 amide bonds. The van der Waals surface area contributed by atoms with Crippen LogP contribution in [-0.4, -0.2) is 8.42 Å². The Morgan fingerprint density at radius 3 is 2.33 bits per heavy atom. The van der Waals surface area contributed by atoms with Crippen LogP contribution in [0.5, 0.6) is 0 Å². The van der Waals surface area contributed by atoms with E-state index < -0.39 is 10.0 Å². The minimum absolute atomic E-state index is 0.176. The number of sulfonamides is 1. The normalized spacial score (nSPS) is 13.1. The molecule has 2 aromatic rings. The third kappa shape index (κ3) is 3.84. The Balaban J connectivity index is 2.24. The maximum atomic E-state index is 12.4. The number of nitrogens with one attached hydrogen (secondary N) is 1. The molecule has 0 saturated carbocycles. The first-order valence-corrected chi connectivity index (χ1v) is 8.71. The van der Waals surface area contributed by atoms with Crippen molar-refractivity contribution in [1.82, 2.24) is 4.72 Å². The topological polar surface area (TPSA) is 72.2 Å². The van der Waals surface area contributed by atoms with E-state index in [0.29, 0.717) is 5.69 Å². The Morgan fingerprint density at radius 1 is 1.14 bits per heavy atom. The Bertz CT molecular complexity index is 743. The second-order valence-electron chi connectivity index (χ2n) is 4.91. The van der Waals surface area contributed by atoms with Crippen molar-refractivity contribution in [1.29, 1.82) is 0 Å². The summed E-state index contributed by atoms with van der Waals surface area (Å²) in [5.74, 6) is 0. The lowest BCUT2D eigenvalue weighted by molar-refractivity contribution is 0.567. The molecule has 4 nitrogen and oxygen atoms in total. The molecule has 0 aliphatic rings. The number of aryl methyl sites for hydroxylation is 1. The summed E-state index contributed by atoms with van der Waals surface area (Å²) in [6.07, 6.45) is 0. The summed E-state index contributed by atoms with van der Waals surface area (Å²) in [6, 6.07) is 11.9. The molecule has 21 heavy (non-hydrogen) atoms. The van der Waals surface area contributed by atoms with Crippen LogP contribution in [0.15, 0.2) is 51.8 Å². The zero-order chi connectivity index (χ0) is 15.6. The van der Waals surface area contributed by atoms with E-state index in [0.717, 1.165) is 15.6 Å². The molecule has 0 aliphatic carbocycles. The van der Waals surface area contributed by atoms with E-state index in [-0.39, 0.29) is 10.9 Å². The van der Waals surface area contributed by atoms with Crippen molar-refractivity contribution in [3.8, 4) is 0 Å². The first kappa shape index (κ1) is 16.0. The average molecular weight is 369 g/mol. The van der Waals surface area contributed by atoms with Gasteiger partial charge in [-0.3, -0.25) is 0 Å². The number of benzene rings is 2. The first-order valence-electron chi connectivity index (χ1n) is 6.43. The fourth-order valence-corrected chi connectivity index (χ4v) is 3.44. The standard InChI is InChI=1S/C15H17BrN2O2S/c1-10-3-8-14(9-15(10)17)21(19,20)18-11(2)12-4-6-13(16)7-5-12/h3-9,11,18H,17H2,1-2H3. The van der Waals surface area contributed by atoms with Crippen LogP contribution in [-0.2, 0) is 10.0 Å². The Kier molecular flexibility index (Phi) is 4.70. The summed E-state index contributed by atoms with van der Waals surface area (Å²) >= 11 is 3.35. The van der Waals surface area contributed by atoms with Gasteiger partial charge >= 0.3 is 0 Å². The smallest absolute Gasteiger partial charge is 0.241 e. The van der Waals surface area contributed by atoms with E-state index in [2.05, 4.69) is 20.7 Å². The maximum Gasteiger partial charge on any atom is 0.241 e. The van der Waals surface area contributed by atoms with Crippen molar-refractivity contribution in [3.05, 3.63) is 58.1 Å². The molecule has 1 unspecified atom stereocenters. The highest BCUT2D eigenvalue weighted by Gasteiger charge is 2.18. The fourth-order valence-electron chi connectivity index (χ4n) is 1.91. The average Bonchev–Trinajstić information content (AvgIpc) is 2.42. The molecule has 0 fully saturated rings. The number of halogens is 1. The van der Waals surface area contributed by atoms with Crippen LogP contribution in [0.25, 0.3) is 0 Å². The van der Waals surface area contributed by atoms with Gasteiger partial charge in [0.1, 0.15) is 0 Å². The molecule has 2 rings (SSSR count).